The van der Waals surface area contributed by atoms with Crippen LogP contribution in [0, 0.1) is 6.92 Å². The van der Waals surface area contributed by atoms with Crippen molar-refractivity contribution in [2.75, 3.05) is 0 Å². The van der Waals surface area contributed by atoms with E-state index in [0.717, 1.165) is 15.7 Å². The van der Waals surface area contributed by atoms with Crippen LogP contribution in [0.25, 0.3) is 0 Å². The molecule has 0 saturated carbocycles. The van der Waals surface area contributed by atoms with Crippen LogP contribution in [0.1, 0.15) is 22.9 Å². The normalized spacial score (nSPS) is 12.4. The Morgan fingerprint density at radius 3 is 2.50 bits per heavy atom. The topological polar surface area (TPSA) is 38.9 Å². The highest BCUT2D eigenvalue weighted by atomic mass is 79.9. The average Bonchev–Trinajstić information content (AvgIpc) is 2.30. The molecule has 0 saturated heterocycles. The van der Waals surface area contributed by atoms with Gasteiger partial charge in [-0.3, -0.25) is 4.98 Å². The molecule has 1 aromatic carbocycles. The molecule has 0 fully saturated rings. The van der Waals surface area contributed by atoms with Crippen molar-refractivity contribution in [1.82, 2.24) is 4.98 Å². The second-order valence-electron chi connectivity index (χ2n) is 3.76. The third-order valence-electron chi connectivity index (χ3n) is 2.52. The molecule has 2 N–H and O–H groups in total. The summed E-state index contributed by atoms with van der Waals surface area (Å²) in [4.78, 5) is 4.31. The van der Waals surface area contributed by atoms with Crippen LogP contribution in [0.3, 0.4) is 0 Å². The van der Waals surface area contributed by atoms with Crippen molar-refractivity contribution in [1.29, 1.82) is 0 Å². The van der Waals surface area contributed by atoms with Crippen molar-refractivity contribution >= 4 is 15.9 Å². The first kappa shape index (κ1) is 11.3. The number of halogens is 1. The number of pyridine rings is 1. The van der Waals surface area contributed by atoms with Gasteiger partial charge in [-0.05, 0) is 40.5 Å². The van der Waals surface area contributed by atoms with Gasteiger partial charge in [0.1, 0.15) is 0 Å². The van der Waals surface area contributed by atoms with Crippen molar-refractivity contribution in [3.63, 3.8) is 0 Å². The third kappa shape index (κ3) is 2.31. The van der Waals surface area contributed by atoms with Crippen molar-refractivity contribution in [2.24, 2.45) is 5.73 Å². The van der Waals surface area contributed by atoms with Gasteiger partial charge in [-0.2, -0.15) is 0 Å². The number of aromatic nitrogens is 1. The Morgan fingerprint density at radius 2 is 1.88 bits per heavy atom. The van der Waals surface area contributed by atoms with E-state index in [0.29, 0.717) is 0 Å². The smallest absolute Gasteiger partial charge is 0.0758 e. The van der Waals surface area contributed by atoms with E-state index < -0.39 is 0 Å². The summed E-state index contributed by atoms with van der Waals surface area (Å²) in [5.41, 5.74) is 9.35. The van der Waals surface area contributed by atoms with Crippen LogP contribution < -0.4 is 5.73 Å². The Kier molecular flexibility index (Phi) is 3.36. The monoisotopic (exact) mass is 276 g/mol. The number of hydrogen-bond acceptors (Lipinski definition) is 2. The van der Waals surface area contributed by atoms with E-state index in [1.165, 1.54) is 5.56 Å². The maximum Gasteiger partial charge on any atom is 0.0758 e. The Hall–Kier alpha value is -1.19. The van der Waals surface area contributed by atoms with Gasteiger partial charge in [0.05, 0.1) is 11.7 Å². The van der Waals surface area contributed by atoms with Gasteiger partial charge >= 0.3 is 0 Å². The first-order valence-corrected chi connectivity index (χ1v) is 5.90. The molecule has 1 heterocycles. The van der Waals surface area contributed by atoms with E-state index in [9.17, 15) is 0 Å². The summed E-state index contributed by atoms with van der Waals surface area (Å²) in [5, 5.41) is 0. The Balaban J connectivity index is 2.35. The maximum absolute atomic E-state index is 6.17. The van der Waals surface area contributed by atoms with Crippen LogP contribution in [0.15, 0.2) is 47.1 Å². The van der Waals surface area contributed by atoms with Crippen molar-refractivity contribution in [2.45, 2.75) is 13.0 Å². The van der Waals surface area contributed by atoms with E-state index in [1.807, 2.05) is 24.3 Å². The van der Waals surface area contributed by atoms with E-state index in [-0.39, 0.29) is 6.04 Å². The maximum atomic E-state index is 6.17. The van der Waals surface area contributed by atoms with Crippen molar-refractivity contribution in [3.8, 4) is 0 Å². The fourth-order valence-electron chi connectivity index (χ4n) is 1.56. The summed E-state index contributed by atoms with van der Waals surface area (Å²) >= 11 is 3.47. The predicted octanol–water partition coefficient (Wildman–Crippen LogP) is 3.20. The molecule has 0 radical (unpaired) electrons. The number of aryl methyl sites for hydroxylation is 1. The molecule has 1 unspecified atom stereocenters. The first-order chi connectivity index (χ1) is 7.68. The first-order valence-electron chi connectivity index (χ1n) is 5.11. The second-order valence-corrected chi connectivity index (χ2v) is 4.61. The molecule has 0 bridgehead atoms. The number of benzene rings is 1. The zero-order valence-corrected chi connectivity index (χ0v) is 10.6. The molecule has 2 rings (SSSR count). The molecular weight excluding hydrogens is 264 g/mol. The lowest BCUT2D eigenvalue weighted by atomic mass is 10.0. The van der Waals surface area contributed by atoms with Crippen molar-refractivity contribution < 1.29 is 0 Å². The van der Waals surface area contributed by atoms with Gasteiger partial charge in [-0.25, -0.2) is 0 Å². The zero-order valence-electron chi connectivity index (χ0n) is 9.02. The SMILES string of the molecule is Cc1ccc(C(N)c2ncccc2Br)cc1. The molecule has 1 atom stereocenters. The standard InChI is InChI=1S/C13H13BrN2/c1-9-4-6-10(7-5-9)12(15)13-11(14)3-2-8-16-13/h2-8,12H,15H2,1H3. The van der Waals surface area contributed by atoms with E-state index in [4.69, 9.17) is 5.73 Å². The molecule has 82 valence electrons. The summed E-state index contributed by atoms with van der Waals surface area (Å²) in [6, 6.07) is 11.9. The highest BCUT2D eigenvalue weighted by Crippen LogP contribution is 2.24. The molecular formula is C13H13BrN2. The van der Waals surface area contributed by atoms with Gasteiger partial charge in [0, 0.05) is 10.7 Å². The highest BCUT2D eigenvalue weighted by Gasteiger charge is 2.12. The number of nitrogens with zero attached hydrogens (tertiary/aromatic N) is 1. The average molecular weight is 277 g/mol. The molecule has 0 spiro atoms. The van der Waals surface area contributed by atoms with Gasteiger partial charge < -0.3 is 5.73 Å². The van der Waals surface area contributed by atoms with Crippen LogP contribution in [0.5, 0.6) is 0 Å². The fourth-order valence-corrected chi connectivity index (χ4v) is 2.06. The second kappa shape index (κ2) is 4.76. The highest BCUT2D eigenvalue weighted by molar-refractivity contribution is 9.10. The Morgan fingerprint density at radius 1 is 1.19 bits per heavy atom. The molecule has 0 amide bonds. The Labute approximate surface area is 104 Å². The molecule has 3 heteroatoms. The summed E-state index contributed by atoms with van der Waals surface area (Å²) in [5.74, 6) is 0. The van der Waals surface area contributed by atoms with E-state index in [1.54, 1.807) is 6.20 Å². The van der Waals surface area contributed by atoms with Gasteiger partial charge in [0.25, 0.3) is 0 Å². The molecule has 1 aromatic heterocycles. The lowest BCUT2D eigenvalue weighted by Gasteiger charge is -2.13. The zero-order chi connectivity index (χ0) is 11.5. The largest absolute Gasteiger partial charge is 0.319 e. The minimum Gasteiger partial charge on any atom is -0.319 e. The van der Waals surface area contributed by atoms with E-state index >= 15 is 0 Å². The van der Waals surface area contributed by atoms with Crippen LogP contribution in [-0.2, 0) is 0 Å². The van der Waals surface area contributed by atoms with Crippen LogP contribution in [0.4, 0.5) is 0 Å². The molecule has 16 heavy (non-hydrogen) atoms. The molecule has 0 aliphatic rings. The summed E-state index contributed by atoms with van der Waals surface area (Å²) in [6.07, 6.45) is 1.76. The molecule has 2 aromatic rings. The van der Waals surface area contributed by atoms with Gasteiger partial charge in [-0.1, -0.05) is 29.8 Å². The number of rotatable bonds is 2. The van der Waals surface area contributed by atoms with Crippen LogP contribution in [-0.4, -0.2) is 4.98 Å². The minimum absolute atomic E-state index is 0.184. The van der Waals surface area contributed by atoms with Gasteiger partial charge in [0.2, 0.25) is 0 Å². The van der Waals surface area contributed by atoms with Crippen molar-refractivity contribution in [3.05, 3.63) is 63.9 Å². The quantitative estimate of drug-likeness (QED) is 0.915. The fraction of sp³-hybridized carbons (Fsp3) is 0.154. The lowest BCUT2D eigenvalue weighted by molar-refractivity contribution is 0.822. The summed E-state index contributed by atoms with van der Waals surface area (Å²) in [7, 11) is 0. The number of hydrogen-bond donors (Lipinski definition) is 1. The molecule has 0 aliphatic heterocycles. The van der Waals surface area contributed by atoms with E-state index in [2.05, 4.69) is 40.0 Å². The van der Waals surface area contributed by atoms with Crippen LogP contribution >= 0.6 is 15.9 Å². The minimum atomic E-state index is -0.184. The third-order valence-corrected chi connectivity index (χ3v) is 3.19. The molecule has 2 nitrogen and oxygen atoms in total. The van der Waals surface area contributed by atoms with Gasteiger partial charge in [0.15, 0.2) is 0 Å². The molecule has 0 aliphatic carbocycles. The predicted molar refractivity (Wildman–Crippen MR) is 69.1 cm³/mol. The lowest BCUT2D eigenvalue weighted by Crippen LogP contribution is -2.14. The Bertz CT molecular complexity index is 480. The van der Waals surface area contributed by atoms with Gasteiger partial charge in [-0.15, -0.1) is 0 Å². The summed E-state index contributed by atoms with van der Waals surface area (Å²) in [6.45, 7) is 2.06. The summed E-state index contributed by atoms with van der Waals surface area (Å²) < 4.78 is 0.947. The van der Waals surface area contributed by atoms with Crippen LogP contribution in [0.2, 0.25) is 0 Å². The number of nitrogens with two attached hydrogens (primary N) is 1.